The molecule has 1 amide bonds. The normalized spacial score (nSPS) is 16.1. The van der Waals surface area contributed by atoms with E-state index in [1.54, 1.807) is 0 Å². The van der Waals surface area contributed by atoms with Crippen LogP contribution in [0.15, 0.2) is 53.5 Å². The van der Waals surface area contributed by atoms with Crippen molar-refractivity contribution in [2.75, 3.05) is 25.0 Å². The Bertz CT molecular complexity index is 835. The van der Waals surface area contributed by atoms with Gasteiger partial charge in [0.2, 0.25) is 5.91 Å². The monoisotopic (exact) mass is 380 g/mol. The van der Waals surface area contributed by atoms with Gasteiger partial charge in [0.05, 0.1) is 13.2 Å². The maximum atomic E-state index is 12.0. The van der Waals surface area contributed by atoms with Crippen LogP contribution >= 0.6 is 0 Å². The van der Waals surface area contributed by atoms with Gasteiger partial charge in [-0.1, -0.05) is 30.3 Å². The summed E-state index contributed by atoms with van der Waals surface area (Å²) >= 11 is 0. The molecular formula is C22H28N4O2. The number of ether oxygens (including phenoxy) is 1. The van der Waals surface area contributed by atoms with Gasteiger partial charge < -0.3 is 20.7 Å². The van der Waals surface area contributed by atoms with Crippen LogP contribution in [0.5, 0.6) is 5.75 Å². The molecule has 0 saturated heterocycles. The standard InChI is InChI=1S/C22H28N4O2/c1-3-23-22(24-14-16-8-7-9-18(12-16)28-4-2)25-15-17-13-21(27)26-20-11-6-5-10-19(17)20/h5-12,17H,3-4,13-15H2,1-2H3,(H,26,27)(H2,23,24,25). The van der Waals surface area contributed by atoms with E-state index < -0.39 is 0 Å². The summed E-state index contributed by atoms with van der Waals surface area (Å²) in [5, 5.41) is 9.60. The SMILES string of the molecule is CCNC(=NCc1cccc(OCC)c1)NCC1CC(=O)Nc2ccccc21. The van der Waals surface area contributed by atoms with Gasteiger partial charge in [-0.3, -0.25) is 4.79 Å². The highest BCUT2D eigenvalue weighted by atomic mass is 16.5. The van der Waals surface area contributed by atoms with E-state index in [1.165, 1.54) is 0 Å². The van der Waals surface area contributed by atoms with Crippen LogP contribution in [0.1, 0.15) is 37.3 Å². The molecule has 6 nitrogen and oxygen atoms in total. The van der Waals surface area contributed by atoms with Crippen LogP contribution in [0.25, 0.3) is 0 Å². The van der Waals surface area contributed by atoms with Crippen LogP contribution in [0, 0.1) is 0 Å². The minimum Gasteiger partial charge on any atom is -0.494 e. The molecule has 1 heterocycles. The first kappa shape index (κ1) is 19.7. The van der Waals surface area contributed by atoms with E-state index in [4.69, 9.17) is 4.74 Å². The molecule has 0 fully saturated rings. The predicted molar refractivity (Wildman–Crippen MR) is 113 cm³/mol. The topological polar surface area (TPSA) is 74.8 Å². The Morgan fingerprint density at radius 1 is 1.18 bits per heavy atom. The number of rotatable bonds is 7. The Hall–Kier alpha value is -3.02. The fraction of sp³-hybridized carbons (Fsp3) is 0.364. The largest absolute Gasteiger partial charge is 0.494 e. The van der Waals surface area contributed by atoms with Crippen molar-refractivity contribution in [2.24, 2.45) is 4.99 Å². The van der Waals surface area contributed by atoms with Crippen molar-refractivity contribution in [3.8, 4) is 5.75 Å². The third-order valence-corrected chi connectivity index (χ3v) is 4.60. The number of carbonyl (C=O) groups excluding carboxylic acids is 1. The lowest BCUT2D eigenvalue weighted by atomic mass is 9.90. The van der Waals surface area contributed by atoms with Crippen molar-refractivity contribution in [3.05, 3.63) is 59.7 Å². The lowest BCUT2D eigenvalue weighted by Gasteiger charge is -2.26. The molecule has 148 valence electrons. The lowest BCUT2D eigenvalue weighted by molar-refractivity contribution is -0.116. The molecule has 1 aliphatic heterocycles. The number of hydrogen-bond donors (Lipinski definition) is 3. The molecule has 1 atom stereocenters. The van der Waals surface area contributed by atoms with Crippen molar-refractivity contribution in [1.29, 1.82) is 0 Å². The minimum absolute atomic E-state index is 0.0557. The molecule has 1 aliphatic rings. The van der Waals surface area contributed by atoms with Gasteiger partial charge in [-0.05, 0) is 43.2 Å². The summed E-state index contributed by atoms with van der Waals surface area (Å²) in [6, 6.07) is 16.0. The van der Waals surface area contributed by atoms with Gasteiger partial charge in [0.15, 0.2) is 5.96 Å². The van der Waals surface area contributed by atoms with Crippen LogP contribution in [0.2, 0.25) is 0 Å². The van der Waals surface area contributed by atoms with E-state index in [0.717, 1.165) is 35.1 Å². The summed E-state index contributed by atoms with van der Waals surface area (Å²) in [5.74, 6) is 1.78. The van der Waals surface area contributed by atoms with Crippen molar-refractivity contribution in [2.45, 2.75) is 32.7 Å². The van der Waals surface area contributed by atoms with Gasteiger partial charge in [0.25, 0.3) is 0 Å². The highest BCUT2D eigenvalue weighted by Crippen LogP contribution is 2.31. The Kier molecular flexibility index (Phi) is 6.89. The van der Waals surface area contributed by atoms with E-state index >= 15 is 0 Å². The Morgan fingerprint density at radius 2 is 2.04 bits per heavy atom. The number of hydrogen-bond acceptors (Lipinski definition) is 3. The summed E-state index contributed by atoms with van der Waals surface area (Å²) in [6.45, 7) is 6.63. The number of anilines is 1. The van der Waals surface area contributed by atoms with Crippen LogP contribution in [-0.2, 0) is 11.3 Å². The molecule has 0 bridgehead atoms. The van der Waals surface area contributed by atoms with Crippen molar-refractivity contribution in [3.63, 3.8) is 0 Å². The summed E-state index contributed by atoms with van der Waals surface area (Å²) < 4.78 is 5.55. The molecular weight excluding hydrogens is 352 g/mol. The molecule has 2 aromatic rings. The lowest BCUT2D eigenvalue weighted by Crippen LogP contribution is -2.40. The van der Waals surface area contributed by atoms with Crippen molar-refractivity contribution in [1.82, 2.24) is 10.6 Å². The number of guanidine groups is 1. The average Bonchev–Trinajstić information content (AvgIpc) is 2.70. The highest BCUT2D eigenvalue weighted by molar-refractivity contribution is 5.94. The number of nitrogens with zero attached hydrogens (tertiary/aromatic N) is 1. The molecule has 0 radical (unpaired) electrons. The number of para-hydroxylation sites is 1. The van der Waals surface area contributed by atoms with Crippen LogP contribution < -0.4 is 20.7 Å². The quantitative estimate of drug-likeness (QED) is 0.509. The summed E-state index contributed by atoms with van der Waals surface area (Å²) in [7, 11) is 0. The van der Waals surface area contributed by atoms with Gasteiger partial charge in [-0.2, -0.15) is 0 Å². The zero-order chi connectivity index (χ0) is 19.8. The fourth-order valence-corrected chi connectivity index (χ4v) is 3.32. The molecule has 3 rings (SSSR count). The van der Waals surface area contributed by atoms with Gasteiger partial charge in [-0.25, -0.2) is 4.99 Å². The van der Waals surface area contributed by atoms with Crippen LogP contribution in [0.4, 0.5) is 5.69 Å². The predicted octanol–water partition coefficient (Wildman–Crippen LogP) is 3.27. The first-order valence-electron chi connectivity index (χ1n) is 9.82. The molecule has 6 heteroatoms. The third-order valence-electron chi connectivity index (χ3n) is 4.60. The Balaban J connectivity index is 1.66. The second-order valence-corrected chi connectivity index (χ2v) is 6.69. The maximum Gasteiger partial charge on any atom is 0.225 e. The number of fused-ring (bicyclic) bond motifs is 1. The second kappa shape index (κ2) is 9.78. The molecule has 0 aromatic heterocycles. The number of amides is 1. The van der Waals surface area contributed by atoms with Crippen LogP contribution in [-0.4, -0.2) is 31.6 Å². The molecule has 28 heavy (non-hydrogen) atoms. The summed E-state index contributed by atoms with van der Waals surface area (Å²) in [4.78, 5) is 16.7. The Labute approximate surface area is 166 Å². The molecule has 0 spiro atoms. The zero-order valence-corrected chi connectivity index (χ0v) is 16.5. The van der Waals surface area contributed by atoms with Gasteiger partial charge in [0, 0.05) is 31.1 Å². The molecule has 1 unspecified atom stereocenters. The van der Waals surface area contributed by atoms with Gasteiger partial charge in [-0.15, -0.1) is 0 Å². The van der Waals surface area contributed by atoms with Crippen LogP contribution in [0.3, 0.4) is 0 Å². The van der Waals surface area contributed by atoms with E-state index in [1.807, 2.05) is 56.3 Å². The summed E-state index contributed by atoms with van der Waals surface area (Å²) in [6.07, 6.45) is 0.472. The third kappa shape index (κ3) is 5.25. The minimum atomic E-state index is 0.0557. The van der Waals surface area contributed by atoms with Gasteiger partial charge in [0.1, 0.15) is 5.75 Å². The molecule has 0 saturated carbocycles. The van der Waals surface area contributed by atoms with E-state index in [-0.39, 0.29) is 11.8 Å². The molecule has 0 aliphatic carbocycles. The van der Waals surface area contributed by atoms with E-state index in [0.29, 0.717) is 26.1 Å². The van der Waals surface area contributed by atoms with Gasteiger partial charge >= 0.3 is 0 Å². The first-order chi connectivity index (χ1) is 13.7. The summed E-state index contributed by atoms with van der Waals surface area (Å²) in [5.41, 5.74) is 3.15. The zero-order valence-electron chi connectivity index (χ0n) is 16.5. The average molecular weight is 380 g/mol. The van der Waals surface area contributed by atoms with E-state index in [9.17, 15) is 4.79 Å². The number of nitrogens with one attached hydrogen (secondary N) is 3. The van der Waals surface area contributed by atoms with Crippen molar-refractivity contribution >= 4 is 17.6 Å². The first-order valence-corrected chi connectivity index (χ1v) is 9.82. The smallest absolute Gasteiger partial charge is 0.225 e. The van der Waals surface area contributed by atoms with Crippen molar-refractivity contribution < 1.29 is 9.53 Å². The molecule has 2 aromatic carbocycles. The van der Waals surface area contributed by atoms with E-state index in [2.05, 4.69) is 27.0 Å². The number of carbonyl (C=O) groups is 1. The maximum absolute atomic E-state index is 12.0. The number of benzene rings is 2. The Morgan fingerprint density at radius 3 is 2.86 bits per heavy atom. The number of aliphatic imine (C=N–C) groups is 1. The fourth-order valence-electron chi connectivity index (χ4n) is 3.32. The second-order valence-electron chi connectivity index (χ2n) is 6.69. The molecule has 3 N–H and O–H groups in total. The highest BCUT2D eigenvalue weighted by Gasteiger charge is 2.24.